The molecule has 0 saturated carbocycles. The first-order valence-corrected chi connectivity index (χ1v) is 7.20. The Bertz CT molecular complexity index is 585. The van der Waals surface area contributed by atoms with Crippen LogP contribution in [0.15, 0.2) is 30.9 Å². The molecule has 1 N–H and O–H groups in total. The summed E-state index contributed by atoms with van der Waals surface area (Å²) in [4.78, 5) is 3.95. The van der Waals surface area contributed by atoms with Crippen molar-refractivity contribution < 1.29 is 9.47 Å². The van der Waals surface area contributed by atoms with Crippen LogP contribution in [0.1, 0.15) is 25.5 Å². The van der Waals surface area contributed by atoms with E-state index in [-0.39, 0.29) is 12.1 Å². The van der Waals surface area contributed by atoms with Crippen LogP contribution in [0.3, 0.4) is 0 Å². The molecule has 1 aromatic heterocycles. The third-order valence-electron chi connectivity index (χ3n) is 3.53. The molecule has 6 nitrogen and oxygen atoms in total. The first-order valence-electron chi connectivity index (χ1n) is 7.20. The first kappa shape index (κ1) is 13.9. The summed E-state index contributed by atoms with van der Waals surface area (Å²) in [7, 11) is 0. The zero-order chi connectivity index (χ0) is 14.7. The normalized spacial score (nSPS) is 16.5. The van der Waals surface area contributed by atoms with E-state index in [1.54, 1.807) is 12.7 Å². The second-order valence-corrected chi connectivity index (χ2v) is 5.31. The van der Waals surface area contributed by atoms with Gasteiger partial charge in [0.25, 0.3) is 0 Å². The van der Waals surface area contributed by atoms with Gasteiger partial charge in [-0.2, -0.15) is 5.10 Å². The monoisotopic (exact) mass is 288 g/mol. The fourth-order valence-electron chi connectivity index (χ4n) is 2.51. The molecule has 2 aromatic rings. The van der Waals surface area contributed by atoms with E-state index in [0.29, 0.717) is 13.2 Å². The average molecular weight is 288 g/mol. The van der Waals surface area contributed by atoms with Crippen molar-refractivity contribution in [3.63, 3.8) is 0 Å². The number of ether oxygens (including phenoxy) is 2. The Morgan fingerprint density at radius 1 is 1.24 bits per heavy atom. The van der Waals surface area contributed by atoms with Gasteiger partial charge in [-0.15, -0.1) is 0 Å². The minimum Gasteiger partial charge on any atom is -0.486 e. The van der Waals surface area contributed by atoms with Gasteiger partial charge in [0.15, 0.2) is 11.5 Å². The summed E-state index contributed by atoms with van der Waals surface area (Å²) < 4.78 is 13.0. The number of hydrogen-bond acceptors (Lipinski definition) is 5. The fraction of sp³-hybridized carbons (Fsp3) is 0.467. The molecule has 112 valence electrons. The first-order chi connectivity index (χ1) is 10.2. The Morgan fingerprint density at radius 2 is 2.05 bits per heavy atom. The van der Waals surface area contributed by atoms with Gasteiger partial charge in [0.05, 0.1) is 6.54 Å². The molecule has 0 spiro atoms. The minimum absolute atomic E-state index is 0.222. The van der Waals surface area contributed by atoms with E-state index in [0.717, 1.165) is 18.0 Å². The van der Waals surface area contributed by atoms with Crippen molar-refractivity contribution in [2.75, 3.05) is 13.2 Å². The van der Waals surface area contributed by atoms with E-state index in [9.17, 15) is 0 Å². The summed E-state index contributed by atoms with van der Waals surface area (Å²) in [5.74, 6) is 1.66. The number of fused-ring (bicyclic) bond motifs is 1. The molecule has 0 amide bonds. The van der Waals surface area contributed by atoms with Crippen LogP contribution in [0.5, 0.6) is 11.5 Å². The lowest BCUT2D eigenvalue weighted by Crippen LogP contribution is -2.32. The van der Waals surface area contributed by atoms with Crippen molar-refractivity contribution in [1.82, 2.24) is 20.1 Å². The predicted molar refractivity (Wildman–Crippen MR) is 78.5 cm³/mol. The van der Waals surface area contributed by atoms with E-state index in [2.05, 4.69) is 35.3 Å². The molecular formula is C15H20N4O2. The fourth-order valence-corrected chi connectivity index (χ4v) is 2.51. The van der Waals surface area contributed by atoms with Crippen LogP contribution < -0.4 is 14.8 Å². The topological polar surface area (TPSA) is 61.2 Å². The summed E-state index contributed by atoms with van der Waals surface area (Å²) >= 11 is 0. The number of nitrogens with one attached hydrogen (secondary N) is 1. The maximum atomic E-state index is 5.63. The number of aromatic nitrogens is 3. The predicted octanol–water partition coefficient (Wildman–Crippen LogP) is 1.79. The molecule has 21 heavy (non-hydrogen) atoms. The summed E-state index contributed by atoms with van der Waals surface area (Å²) in [5.41, 5.74) is 1.18. The molecule has 2 atom stereocenters. The molecule has 1 aromatic carbocycles. The lowest BCUT2D eigenvalue weighted by Gasteiger charge is -2.23. The highest BCUT2D eigenvalue weighted by Gasteiger charge is 2.15. The summed E-state index contributed by atoms with van der Waals surface area (Å²) in [6.45, 7) is 6.30. The van der Waals surface area contributed by atoms with Gasteiger partial charge in [-0.1, -0.05) is 6.07 Å². The molecule has 0 bridgehead atoms. The Kier molecular flexibility index (Phi) is 4.06. The van der Waals surface area contributed by atoms with Gasteiger partial charge in [-0.3, -0.25) is 4.68 Å². The van der Waals surface area contributed by atoms with Crippen LogP contribution in [0.25, 0.3) is 0 Å². The summed E-state index contributed by atoms with van der Waals surface area (Å²) in [6, 6.07) is 6.61. The third kappa shape index (κ3) is 3.33. The van der Waals surface area contributed by atoms with Crippen molar-refractivity contribution in [3.05, 3.63) is 36.4 Å². The van der Waals surface area contributed by atoms with Crippen LogP contribution in [-0.2, 0) is 6.54 Å². The molecule has 0 aliphatic carbocycles. The Balaban J connectivity index is 1.63. The van der Waals surface area contributed by atoms with E-state index in [4.69, 9.17) is 9.47 Å². The van der Waals surface area contributed by atoms with Crippen molar-refractivity contribution in [3.8, 4) is 11.5 Å². The van der Waals surface area contributed by atoms with Gasteiger partial charge in [-0.25, -0.2) is 4.98 Å². The lowest BCUT2D eigenvalue weighted by atomic mass is 10.1. The zero-order valence-electron chi connectivity index (χ0n) is 12.3. The third-order valence-corrected chi connectivity index (χ3v) is 3.53. The van der Waals surface area contributed by atoms with Crippen molar-refractivity contribution in [2.45, 2.75) is 32.5 Å². The molecule has 1 aliphatic heterocycles. The SMILES string of the molecule is C[C@@H](Cn1cncn1)N[C@H](C)c1ccc2c(c1)OCCO2. The van der Waals surface area contributed by atoms with Crippen LogP contribution in [-0.4, -0.2) is 34.0 Å². The highest BCUT2D eigenvalue weighted by molar-refractivity contribution is 5.44. The lowest BCUT2D eigenvalue weighted by molar-refractivity contribution is 0.171. The smallest absolute Gasteiger partial charge is 0.161 e. The summed E-state index contributed by atoms with van der Waals surface area (Å²) in [5, 5.41) is 7.68. The Morgan fingerprint density at radius 3 is 2.81 bits per heavy atom. The number of rotatable bonds is 5. The molecular weight excluding hydrogens is 268 g/mol. The van der Waals surface area contributed by atoms with Crippen LogP contribution >= 0.6 is 0 Å². The number of nitrogens with zero attached hydrogens (tertiary/aromatic N) is 3. The number of benzene rings is 1. The van der Waals surface area contributed by atoms with Gasteiger partial charge < -0.3 is 14.8 Å². The molecule has 1 aliphatic rings. The number of hydrogen-bond donors (Lipinski definition) is 1. The van der Waals surface area contributed by atoms with Gasteiger partial charge >= 0.3 is 0 Å². The van der Waals surface area contributed by atoms with Crippen LogP contribution in [0.4, 0.5) is 0 Å². The van der Waals surface area contributed by atoms with Gasteiger partial charge in [-0.05, 0) is 31.5 Å². The maximum absolute atomic E-state index is 5.63. The highest BCUT2D eigenvalue weighted by atomic mass is 16.6. The van der Waals surface area contributed by atoms with Gasteiger partial charge in [0.2, 0.25) is 0 Å². The van der Waals surface area contributed by atoms with Crippen LogP contribution in [0, 0.1) is 0 Å². The van der Waals surface area contributed by atoms with Crippen molar-refractivity contribution in [2.24, 2.45) is 0 Å². The zero-order valence-corrected chi connectivity index (χ0v) is 12.3. The average Bonchev–Trinajstić information content (AvgIpc) is 2.99. The van der Waals surface area contributed by atoms with Gasteiger partial charge in [0, 0.05) is 12.1 Å². The second kappa shape index (κ2) is 6.13. The highest BCUT2D eigenvalue weighted by Crippen LogP contribution is 2.32. The molecule has 2 heterocycles. The van der Waals surface area contributed by atoms with Gasteiger partial charge in [0.1, 0.15) is 25.9 Å². The van der Waals surface area contributed by atoms with Crippen molar-refractivity contribution >= 4 is 0 Å². The van der Waals surface area contributed by atoms with E-state index in [1.807, 2.05) is 16.8 Å². The second-order valence-electron chi connectivity index (χ2n) is 5.31. The maximum Gasteiger partial charge on any atom is 0.161 e. The standard InChI is InChI=1S/C15H20N4O2/c1-11(8-19-10-16-9-17-19)18-12(2)13-3-4-14-15(7-13)21-6-5-20-14/h3-4,7,9-12,18H,5-6,8H2,1-2H3/t11-,12+/m0/s1. The molecule has 0 radical (unpaired) electrons. The Hall–Kier alpha value is -2.08. The molecule has 0 fully saturated rings. The van der Waals surface area contributed by atoms with E-state index >= 15 is 0 Å². The quantitative estimate of drug-likeness (QED) is 0.909. The Labute approximate surface area is 124 Å². The largest absolute Gasteiger partial charge is 0.486 e. The molecule has 3 rings (SSSR count). The minimum atomic E-state index is 0.222. The molecule has 6 heteroatoms. The molecule has 0 unspecified atom stereocenters. The van der Waals surface area contributed by atoms with Crippen molar-refractivity contribution in [1.29, 1.82) is 0 Å². The molecule has 0 saturated heterocycles. The van der Waals surface area contributed by atoms with Crippen LogP contribution in [0.2, 0.25) is 0 Å². The summed E-state index contributed by atoms with van der Waals surface area (Å²) in [6.07, 6.45) is 3.28. The van der Waals surface area contributed by atoms with E-state index < -0.39 is 0 Å². The van der Waals surface area contributed by atoms with E-state index in [1.165, 1.54) is 5.56 Å².